The first-order valence-corrected chi connectivity index (χ1v) is 9.83. The van der Waals surface area contributed by atoms with E-state index in [-0.39, 0.29) is 17.8 Å². The van der Waals surface area contributed by atoms with Gasteiger partial charge in [0.15, 0.2) is 0 Å². The van der Waals surface area contributed by atoms with Crippen LogP contribution in [0.15, 0.2) is 24.4 Å². The van der Waals surface area contributed by atoms with Crippen molar-refractivity contribution >= 4 is 16.8 Å². The molecule has 28 heavy (non-hydrogen) atoms. The molecule has 5 rings (SSSR count). The van der Waals surface area contributed by atoms with Crippen LogP contribution in [0, 0.1) is 5.82 Å². The van der Waals surface area contributed by atoms with Crippen molar-refractivity contribution in [3.8, 4) is 11.3 Å². The summed E-state index contributed by atoms with van der Waals surface area (Å²) in [6.45, 7) is 4.17. The number of aromatic nitrogens is 3. The minimum Gasteiger partial charge on any atom is -0.381 e. The van der Waals surface area contributed by atoms with Gasteiger partial charge in [0.05, 0.1) is 6.04 Å². The minimum absolute atomic E-state index is 0.0377. The number of nitrogens with one attached hydrogen (secondary N) is 1. The zero-order chi connectivity index (χ0) is 19.3. The molecule has 0 radical (unpaired) electrons. The van der Waals surface area contributed by atoms with E-state index in [9.17, 15) is 9.18 Å². The van der Waals surface area contributed by atoms with E-state index in [1.807, 2.05) is 17.2 Å². The number of hydrogen-bond donors (Lipinski definition) is 1. The minimum atomic E-state index is -0.286. The summed E-state index contributed by atoms with van der Waals surface area (Å²) >= 11 is 0. The molecule has 1 saturated heterocycles. The molecule has 0 unspecified atom stereocenters. The lowest BCUT2D eigenvalue weighted by atomic mass is 9.97. The van der Waals surface area contributed by atoms with Crippen molar-refractivity contribution in [2.24, 2.45) is 0 Å². The number of hydrogen-bond acceptors (Lipinski definition) is 3. The molecule has 0 bridgehead atoms. The molecule has 0 saturated carbocycles. The third-order valence-corrected chi connectivity index (χ3v) is 5.99. The number of carbonyl (C=O) groups is 1. The zero-order valence-electron chi connectivity index (χ0n) is 15.9. The lowest BCUT2D eigenvalue weighted by Crippen LogP contribution is -2.35. The lowest BCUT2D eigenvalue weighted by Gasteiger charge is -2.29. The molecule has 2 aliphatic rings. The molecule has 0 spiro atoms. The van der Waals surface area contributed by atoms with Crippen LogP contribution in [-0.4, -0.2) is 45.3 Å². The van der Waals surface area contributed by atoms with Gasteiger partial charge in [0.1, 0.15) is 11.5 Å². The van der Waals surface area contributed by atoms with E-state index in [2.05, 4.69) is 9.67 Å². The molecule has 4 heterocycles. The summed E-state index contributed by atoms with van der Waals surface area (Å²) in [5.41, 5.74) is 4.17. The number of aromatic amines is 1. The Morgan fingerprint density at radius 2 is 2.11 bits per heavy atom. The molecule has 2 aromatic heterocycles. The first-order chi connectivity index (χ1) is 13.6. The van der Waals surface area contributed by atoms with Crippen LogP contribution in [0.3, 0.4) is 0 Å². The Hall–Kier alpha value is -2.67. The largest absolute Gasteiger partial charge is 0.381 e. The number of benzene rings is 1. The second kappa shape index (κ2) is 6.74. The molecule has 0 aliphatic carbocycles. The van der Waals surface area contributed by atoms with Crippen LogP contribution in [0.2, 0.25) is 0 Å². The van der Waals surface area contributed by atoms with Crippen LogP contribution < -0.4 is 0 Å². The number of nitrogens with zero attached hydrogens (tertiary/aromatic N) is 3. The number of H-pyrrole nitrogens is 1. The zero-order valence-corrected chi connectivity index (χ0v) is 15.9. The van der Waals surface area contributed by atoms with Gasteiger partial charge in [-0.1, -0.05) is 0 Å². The third-order valence-electron chi connectivity index (χ3n) is 5.99. The van der Waals surface area contributed by atoms with Crippen molar-refractivity contribution in [2.45, 2.75) is 38.8 Å². The Morgan fingerprint density at radius 1 is 1.29 bits per heavy atom. The van der Waals surface area contributed by atoms with Crippen LogP contribution in [-0.2, 0) is 22.5 Å². The number of amides is 1. The van der Waals surface area contributed by atoms with Crippen molar-refractivity contribution in [1.29, 1.82) is 0 Å². The van der Waals surface area contributed by atoms with E-state index in [0.29, 0.717) is 24.3 Å². The van der Waals surface area contributed by atoms with Gasteiger partial charge in [-0.15, -0.1) is 0 Å². The molecule has 146 valence electrons. The molecular weight excluding hydrogens is 359 g/mol. The summed E-state index contributed by atoms with van der Waals surface area (Å²) < 4.78 is 22.6. The van der Waals surface area contributed by atoms with Gasteiger partial charge in [-0.25, -0.2) is 4.39 Å². The summed E-state index contributed by atoms with van der Waals surface area (Å²) in [5, 5.41) is 5.76. The maximum Gasteiger partial charge on any atom is 0.219 e. The fourth-order valence-electron chi connectivity index (χ4n) is 4.49. The number of ether oxygens (including phenoxy) is 1. The standard InChI is InChI=1S/C21H23FN4O2/c1-13(27)25-9-5-19-16(12-25)21(24-26(19)14-6-10-28-11-7-14)20-15-4-8-23-18(15)3-2-17(20)22/h2-4,8,14,23H,5-7,9-12H2,1H3. The number of rotatable bonds is 2. The van der Waals surface area contributed by atoms with Crippen molar-refractivity contribution in [2.75, 3.05) is 19.8 Å². The Kier molecular flexibility index (Phi) is 4.19. The molecule has 3 aromatic rings. The molecule has 0 atom stereocenters. The first kappa shape index (κ1) is 17.4. The Balaban J connectivity index is 1.71. The second-order valence-corrected chi connectivity index (χ2v) is 7.61. The van der Waals surface area contributed by atoms with Crippen LogP contribution in [0.5, 0.6) is 0 Å². The SMILES string of the molecule is CC(=O)N1CCc2c(c(-c3c(F)ccc4[nH]ccc34)nn2C2CCOCC2)C1. The highest BCUT2D eigenvalue weighted by molar-refractivity contribution is 5.95. The van der Waals surface area contributed by atoms with Gasteiger partial charge in [-0.2, -0.15) is 5.10 Å². The van der Waals surface area contributed by atoms with Gasteiger partial charge in [0.25, 0.3) is 0 Å². The molecule has 1 amide bonds. The summed E-state index contributed by atoms with van der Waals surface area (Å²) in [6.07, 6.45) is 4.36. The molecule has 1 aromatic carbocycles. The monoisotopic (exact) mass is 382 g/mol. The number of fused-ring (bicyclic) bond motifs is 2. The molecule has 7 heteroatoms. The van der Waals surface area contributed by atoms with E-state index in [0.717, 1.165) is 54.6 Å². The van der Waals surface area contributed by atoms with Crippen LogP contribution in [0.1, 0.15) is 37.1 Å². The molecule has 1 N–H and O–H groups in total. The Labute approximate surface area is 162 Å². The number of halogens is 1. The maximum atomic E-state index is 15.0. The fraction of sp³-hybridized carbons (Fsp3) is 0.429. The van der Waals surface area contributed by atoms with E-state index in [1.54, 1.807) is 13.0 Å². The summed E-state index contributed by atoms with van der Waals surface area (Å²) in [6, 6.07) is 5.38. The van der Waals surface area contributed by atoms with Crippen molar-refractivity contribution in [3.63, 3.8) is 0 Å². The first-order valence-electron chi connectivity index (χ1n) is 9.83. The van der Waals surface area contributed by atoms with Crippen LogP contribution in [0.25, 0.3) is 22.2 Å². The average Bonchev–Trinajstić information content (AvgIpc) is 3.33. The quantitative estimate of drug-likeness (QED) is 0.739. The lowest BCUT2D eigenvalue weighted by molar-refractivity contribution is -0.129. The predicted molar refractivity (Wildman–Crippen MR) is 103 cm³/mol. The summed E-state index contributed by atoms with van der Waals surface area (Å²) in [5.74, 6) is -0.248. The smallest absolute Gasteiger partial charge is 0.219 e. The van der Waals surface area contributed by atoms with Gasteiger partial charge in [0.2, 0.25) is 5.91 Å². The maximum absolute atomic E-state index is 15.0. The fourth-order valence-corrected chi connectivity index (χ4v) is 4.49. The normalized spacial score (nSPS) is 17.9. The van der Waals surface area contributed by atoms with E-state index in [1.165, 1.54) is 6.07 Å². The highest BCUT2D eigenvalue weighted by atomic mass is 19.1. The Morgan fingerprint density at radius 3 is 2.89 bits per heavy atom. The van der Waals surface area contributed by atoms with Crippen molar-refractivity contribution < 1.29 is 13.9 Å². The third kappa shape index (κ3) is 2.73. The van der Waals surface area contributed by atoms with Gasteiger partial charge >= 0.3 is 0 Å². The van der Waals surface area contributed by atoms with Crippen LogP contribution in [0.4, 0.5) is 4.39 Å². The van der Waals surface area contributed by atoms with Crippen molar-refractivity contribution in [1.82, 2.24) is 19.7 Å². The van der Waals surface area contributed by atoms with Gasteiger partial charge < -0.3 is 14.6 Å². The topological polar surface area (TPSA) is 63.2 Å². The predicted octanol–water partition coefficient (Wildman–Crippen LogP) is 3.43. The van der Waals surface area contributed by atoms with Gasteiger partial charge in [-0.05, 0) is 31.0 Å². The van der Waals surface area contributed by atoms with E-state index in [4.69, 9.17) is 9.84 Å². The summed E-state index contributed by atoms with van der Waals surface area (Å²) in [7, 11) is 0. The second-order valence-electron chi connectivity index (χ2n) is 7.61. The Bertz CT molecular complexity index is 1050. The highest BCUT2D eigenvalue weighted by Crippen LogP contribution is 2.38. The number of carbonyl (C=O) groups excluding carboxylic acids is 1. The van der Waals surface area contributed by atoms with E-state index < -0.39 is 0 Å². The van der Waals surface area contributed by atoms with Gasteiger partial charge in [0, 0.05) is 73.6 Å². The van der Waals surface area contributed by atoms with Crippen LogP contribution >= 0.6 is 0 Å². The summed E-state index contributed by atoms with van der Waals surface area (Å²) in [4.78, 5) is 17.0. The molecule has 6 nitrogen and oxygen atoms in total. The molecule has 2 aliphatic heterocycles. The highest BCUT2D eigenvalue weighted by Gasteiger charge is 2.31. The van der Waals surface area contributed by atoms with E-state index >= 15 is 0 Å². The average molecular weight is 382 g/mol. The molecule has 1 fully saturated rings. The van der Waals surface area contributed by atoms with Gasteiger partial charge in [-0.3, -0.25) is 9.48 Å². The molecular formula is C21H23FN4O2. The van der Waals surface area contributed by atoms with Crippen molar-refractivity contribution in [3.05, 3.63) is 41.5 Å².